The first kappa shape index (κ1) is 15.6. The van der Waals surface area contributed by atoms with Gasteiger partial charge in [-0.15, -0.1) is 0 Å². The first-order valence-corrected chi connectivity index (χ1v) is 7.46. The van der Waals surface area contributed by atoms with Gasteiger partial charge in [-0.3, -0.25) is 9.69 Å². The van der Waals surface area contributed by atoms with Gasteiger partial charge in [0, 0.05) is 38.4 Å². The Hall–Kier alpha value is -1.75. The molecule has 5 heteroatoms. The minimum Gasteiger partial charge on any atom is -0.497 e. The average Bonchev–Trinajstić information content (AvgIpc) is 2.47. The number of ether oxygens (including phenoxy) is 1. The van der Waals surface area contributed by atoms with E-state index in [4.69, 9.17) is 10.5 Å². The molecule has 0 saturated carbocycles. The minimum atomic E-state index is -0.00408. The normalized spacial score (nSPS) is 16.3. The maximum Gasteiger partial charge on any atom is 0.256 e. The van der Waals surface area contributed by atoms with Crippen molar-refractivity contribution < 1.29 is 9.53 Å². The number of hydrogen-bond donors (Lipinski definition) is 1. The van der Waals surface area contributed by atoms with E-state index in [2.05, 4.69) is 18.7 Å². The molecule has 1 saturated heterocycles. The van der Waals surface area contributed by atoms with Crippen LogP contribution in [0.15, 0.2) is 18.2 Å². The highest BCUT2D eigenvalue weighted by Crippen LogP contribution is 2.21. The predicted molar refractivity (Wildman–Crippen MR) is 84.6 cm³/mol. The molecule has 0 radical (unpaired) electrons. The van der Waals surface area contributed by atoms with Crippen LogP contribution >= 0.6 is 0 Å². The number of nitrogens with two attached hydrogens (primary N) is 1. The number of rotatable bonds is 4. The number of carbonyl (C=O) groups is 1. The van der Waals surface area contributed by atoms with Gasteiger partial charge in [-0.1, -0.05) is 13.8 Å². The van der Waals surface area contributed by atoms with Gasteiger partial charge in [0.25, 0.3) is 5.91 Å². The topological polar surface area (TPSA) is 58.8 Å². The van der Waals surface area contributed by atoms with Crippen LogP contribution in [0.3, 0.4) is 0 Å². The summed E-state index contributed by atoms with van der Waals surface area (Å²) in [6.45, 7) is 8.87. The van der Waals surface area contributed by atoms with Gasteiger partial charge in [-0.2, -0.15) is 0 Å². The Morgan fingerprint density at radius 3 is 2.52 bits per heavy atom. The largest absolute Gasteiger partial charge is 0.497 e. The minimum absolute atomic E-state index is 0.00408. The maximum atomic E-state index is 12.6. The Balaban J connectivity index is 2.02. The monoisotopic (exact) mass is 291 g/mol. The van der Waals surface area contributed by atoms with Gasteiger partial charge in [0.1, 0.15) is 5.75 Å². The maximum absolute atomic E-state index is 12.6. The van der Waals surface area contributed by atoms with E-state index in [0.29, 0.717) is 22.9 Å². The summed E-state index contributed by atoms with van der Waals surface area (Å²) in [4.78, 5) is 16.9. The number of nitrogen functional groups attached to an aromatic ring is 1. The molecule has 0 bridgehead atoms. The molecule has 0 spiro atoms. The van der Waals surface area contributed by atoms with E-state index in [9.17, 15) is 4.79 Å². The zero-order chi connectivity index (χ0) is 15.4. The third-order valence-corrected chi connectivity index (χ3v) is 3.77. The molecule has 0 aromatic heterocycles. The molecule has 0 atom stereocenters. The van der Waals surface area contributed by atoms with Crippen molar-refractivity contribution in [3.05, 3.63) is 23.8 Å². The number of anilines is 1. The SMILES string of the molecule is COc1ccc(N)c(C(=O)N2CCN(CC(C)C)CC2)c1. The Kier molecular flexibility index (Phi) is 5.07. The number of benzene rings is 1. The van der Waals surface area contributed by atoms with E-state index in [0.717, 1.165) is 32.7 Å². The van der Waals surface area contributed by atoms with Crippen LogP contribution in [-0.4, -0.2) is 55.5 Å². The standard InChI is InChI=1S/C16H25N3O2/c1-12(2)11-18-6-8-19(9-7-18)16(20)14-10-13(21-3)4-5-15(14)17/h4-5,10,12H,6-9,11,17H2,1-3H3. The Labute approximate surface area is 126 Å². The third kappa shape index (κ3) is 3.88. The quantitative estimate of drug-likeness (QED) is 0.858. The van der Waals surface area contributed by atoms with Crippen molar-refractivity contribution in [1.29, 1.82) is 0 Å². The number of nitrogens with zero attached hydrogens (tertiary/aromatic N) is 2. The summed E-state index contributed by atoms with van der Waals surface area (Å²) in [7, 11) is 1.59. The van der Waals surface area contributed by atoms with Crippen molar-refractivity contribution in [2.24, 2.45) is 5.92 Å². The summed E-state index contributed by atoms with van der Waals surface area (Å²) in [6, 6.07) is 5.21. The summed E-state index contributed by atoms with van der Waals surface area (Å²) in [6.07, 6.45) is 0. The fourth-order valence-corrected chi connectivity index (χ4v) is 2.67. The van der Waals surface area contributed by atoms with Gasteiger partial charge < -0.3 is 15.4 Å². The van der Waals surface area contributed by atoms with E-state index in [1.165, 1.54) is 0 Å². The molecule has 2 rings (SSSR count). The molecule has 1 heterocycles. The lowest BCUT2D eigenvalue weighted by molar-refractivity contribution is 0.0624. The molecule has 21 heavy (non-hydrogen) atoms. The molecule has 1 aromatic rings. The second kappa shape index (κ2) is 6.80. The molecule has 1 fully saturated rings. The van der Waals surface area contributed by atoms with Crippen LogP contribution in [0.4, 0.5) is 5.69 Å². The highest BCUT2D eigenvalue weighted by molar-refractivity contribution is 5.99. The van der Waals surface area contributed by atoms with Crippen molar-refractivity contribution in [2.75, 3.05) is 45.6 Å². The molecule has 2 N–H and O–H groups in total. The van der Waals surface area contributed by atoms with Gasteiger partial charge in [0.2, 0.25) is 0 Å². The first-order chi connectivity index (χ1) is 10.0. The zero-order valence-electron chi connectivity index (χ0n) is 13.1. The van der Waals surface area contributed by atoms with Crippen molar-refractivity contribution in [3.8, 4) is 5.75 Å². The summed E-state index contributed by atoms with van der Waals surface area (Å²) >= 11 is 0. The molecular formula is C16H25N3O2. The smallest absolute Gasteiger partial charge is 0.256 e. The highest BCUT2D eigenvalue weighted by atomic mass is 16.5. The summed E-state index contributed by atoms with van der Waals surface area (Å²) < 4.78 is 5.17. The van der Waals surface area contributed by atoms with Crippen LogP contribution in [-0.2, 0) is 0 Å². The Bertz CT molecular complexity index is 494. The lowest BCUT2D eigenvalue weighted by Crippen LogP contribution is -2.49. The zero-order valence-corrected chi connectivity index (χ0v) is 13.1. The molecular weight excluding hydrogens is 266 g/mol. The van der Waals surface area contributed by atoms with Crippen LogP contribution in [0.1, 0.15) is 24.2 Å². The Morgan fingerprint density at radius 1 is 1.29 bits per heavy atom. The van der Waals surface area contributed by atoms with Crippen LogP contribution in [0.2, 0.25) is 0 Å². The molecule has 1 aliphatic rings. The first-order valence-electron chi connectivity index (χ1n) is 7.46. The lowest BCUT2D eigenvalue weighted by Gasteiger charge is -2.35. The predicted octanol–water partition coefficient (Wildman–Crippen LogP) is 1.69. The number of carbonyl (C=O) groups excluding carboxylic acids is 1. The van der Waals surface area contributed by atoms with E-state index in [1.807, 2.05) is 4.90 Å². The third-order valence-electron chi connectivity index (χ3n) is 3.77. The van der Waals surface area contributed by atoms with E-state index in [-0.39, 0.29) is 5.91 Å². The van der Waals surface area contributed by atoms with Crippen LogP contribution in [0.5, 0.6) is 5.75 Å². The van der Waals surface area contributed by atoms with Crippen LogP contribution in [0.25, 0.3) is 0 Å². The second-order valence-electron chi connectivity index (χ2n) is 5.94. The Morgan fingerprint density at radius 2 is 1.95 bits per heavy atom. The second-order valence-corrected chi connectivity index (χ2v) is 5.94. The van der Waals surface area contributed by atoms with E-state index >= 15 is 0 Å². The van der Waals surface area contributed by atoms with Crippen LogP contribution < -0.4 is 10.5 Å². The molecule has 116 valence electrons. The van der Waals surface area contributed by atoms with E-state index in [1.54, 1.807) is 25.3 Å². The van der Waals surface area contributed by atoms with Crippen molar-refractivity contribution in [3.63, 3.8) is 0 Å². The average molecular weight is 291 g/mol. The van der Waals surface area contributed by atoms with E-state index < -0.39 is 0 Å². The fraction of sp³-hybridized carbons (Fsp3) is 0.562. The number of amides is 1. The molecule has 0 aliphatic carbocycles. The van der Waals surface area contributed by atoms with Gasteiger partial charge in [0.15, 0.2) is 0 Å². The van der Waals surface area contributed by atoms with Gasteiger partial charge >= 0.3 is 0 Å². The summed E-state index contributed by atoms with van der Waals surface area (Å²) in [5, 5.41) is 0. The number of methoxy groups -OCH3 is 1. The van der Waals surface area contributed by atoms with Crippen molar-refractivity contribution in [2.45, 2.75) is 13.8 Å². The lowest BCUT2D eigenvalue weighted by atomic mass is 10.1. The highest BCUT2D eigenvalue weighted by Gasteiger charge is 2.23. The fourth-order valence-electron chi connectivity index (χ4n) is 2.67. The molecule has 1 amide bonds. The van der Waals surface area contributed by atoms with Crippen molar-refractivity contribution in [1.82, 2.24) is 9.80 Å². The molecule has 1 aliphatic heterocycles. The van der Waals surface area contributed by atoms with Gasteiger partial charge in [-0.05, 0) is 24.1 Å². The summed E-state index contributed by atoms with van der Waals surface area (Å²) in [5.41, 5.74) is 6.97. The van der Waals surface area contributed by atoms with Crippen molar-refractivity contribution >= 4 is 11.6 Å². The van der Waals surface area contributed by atoms with Gasteiger partial charge in [0.05, 0.1) is 12.7 Å². The molecule has 0 unspecified atom stereocenters. The van der Waals surface area contributed by atoms with Crippen LogP contribution in [0, 0.1) is 5.92 Å². The summed E-state index contributed by atoms with van der Waals surface area (Å²) in [5.74, 6) is 1.31. The number of piperazine rings is 1. The molecule has 1 aromatic carbocycles. The van der Waals surface area contributed by atoms with Gasteiger partial charge in [-0.25, -0.2) is 0 Å². The number of hydrogen-bond acceptors (Lipinski definition) is 4. The molecule has 5 nitrogen and oxygen atoms in total.